The molecule has 0 aliphatic carbocycles. The zero-order chi connectivity index (χ0) is 19.3. The molecular weight excluding hydrogens is 374 g/mol. The van der Waals surface area contributed by atoms with E-state index in [1.807, 2.05) is 48.0 Å². The third-order valence-corrected chi connectivity index (χ3v) is 5.70. The first-order chi connectivity index (χ1) is 13.6. The highest BCUT2D eigenvalue weighted by molar-refractivity contribution is 6.33. The first kappa shape index (κ1) is 17.4. The van der Waals surface area contributed by atoms with Gasteiger partial charge >= 0.3 is 0 Å². The molecule has 6 nitrogen and oxygen atoms in total. The highest BCUT2D eigenvalue weighted by Crippen LogP contribution is 2.28. The Bertz CT molecular complexity index is 1250. The van der Waals surface area contributed by atoms with Crippen LogP contribution in [0, 0.1) is 6.92 Å². The molecule has 0 amide bonds. The van der Waals surface area contributed by atoms with Gasteiger partial charge in [0.2, 0.25) is 0 Å². The van der Waals surface area contributed by atoms with E-state index >= 15 is 0 Å². The van der Waals surface area contributed by atoms with Gasteiger partial charge in [-0.3, -0.25) is 4.79 Å². The summed E-state index contributed by atoms with van der Waals surface area (Å²) in [6.07, 6.45) is 7.61. The van der Waals surface area contributed by atoms with Crippen LogP contribution in [0.15, 0.2) is 47.7 Å². The minimum absolute atomic E-state index is 0.0188. The second-order valence-corrected chi connectivity index (χ2v) is 7.77. The minimum atomic E-state index is -0.0188. The second-order valence-electron chi connectivity index (χ2n) is 7.37. The lowest BCUT2D eigenvalue weighted by Gasteiger charge is -2.23. The molecule has 1 aromatic carbocycles. The Hall–Kier alpha value is -2.70. The van der Waals surface area contributed by atoms with Crippen molar-refractivity contribution in [2.75, 3.05) is 13.1 Å². The molecule has 0 saturated carbocycles. The number of halogens is 1. The summed E-state index contributed by atoms with van der Waals surface area (Å²) in [5.74, 6) is 0. The van der Waals surface area contributed by atoms with Crippen LogP contribution in [0.1, 0.15) is 24.6 Å². The molecular formula is C21H20ClN5O. The number of pyridine rings is 1. The van der Waals surface area contributed by atoms with Crippen molar-refractivity contribution < 1.29 is 0 Å². The predicted octanol–water partition coefficient (Wildman–Crippen LogP) is 3.60. The molecule has 5 rings (SSSR count). The topological polar surface area (TPSA) is 64.2 Å². The fourth-order valence-electron chi connectivity index (χ4n) is 3.99. The highest BCUT2D eigenvalue weighted by Gasteiger charge is 2.18. The zero-order valence-corrected chi connectivity index (χ0v) is 16.3. The minimum Gasteiger partial charge on any atom is -0.317 e. The van der Waals surface area contributed by atoms with Crippen LogP contribution >= 0.6 is 11.6 Å². The molecule has 28 heavy (non-hydrogen) atoms. The Balaban J connectivity index is 1.59. The summed E-state index contributed by atoms with van der Waals surface area (Å²) < 4.78 is 3.59. The molecule has 1 aliphatic heterocycles. The quantitative estimate of drug-likeness (QED) is 0.565. The molecule has 142 valence electrons. The average molecular weight is 394 g/mol. The van der Waals surface area contributed by atoms with Crippen molar-refractivity contribution in [3.63, 3.8) is 0 Å². The first-order valence-corrected chi connectivity index (χ1v) is 9.85. The third-order valence-electron chi connectivity index (χ3n) is 5.43. The lowest BCUT2D eigenvalue weighted by molar-refractivity contribution is 0.333. The van der Waals surface area contributed by atoms with Crippen LogP contribution in [0.3, 0.4) is 0 Å². The van der Waals surface area contributed by atoms with Crippen molar-refractivity contribution in [1.82, 2.24) is 24.5 Å². The number of hydrogen-bond donors (Lipinski definition) is 1. The van der Waals surface area contributed by atoms with Crippen LogP contribution in [0.25, 0.3) is 27.5 Å². The molecule has 3 aromatic heterocycles. The number of piperidine rings is 1. The van der Waals surface area contributed by atoms with Gasteiger partial charge in [0, 0.05) is 17.8 Å². The average Bonchev–Trinajstić information content (AvgIpc) is 3.09. The highest BCUT2D eigenvalue weighted by atomic mass is 35.5. The van der Waals surface area contributed by atoms with Crippen molar-refractivity contribution in [3.05, 3.63) is 63.9 Å². The van der Waals surface area contributed by atoms with E-state index in [-0.39, 0.29) is 11.6 Å². The van der Waals surface area contributed by atoms with Gasteiger partial charge in [-0.2, -0.15) is 5.10 Å². The number of nitrogens with zero attached hydrogens (tertiary/aromatic N) is 4. The Kier molecular flexibility index (Phi) is 4.18. The molecule has 0 radical (unpaired) electrons. The van der Waals surface area contributed by atoms with Crippen molar-refractivity contribution >= 4 is 28.0 Å². The Morgan fingerprint density at radius 1 is 1.14 bits per heavy atom. The summed E-state index contributed by atoms with van der Waals surface area (Å²) in [6.45, 7) is 3.79. The van der Waals surface area contributed by atoms with Gasteiger partial charge in [-0.05, 0) is 62.2 Å². The zero-order valence-electron chi connectivity index (χ0n) is 15.5. The van der Waals surface area contributed by atoms with Crippen LogP contribution in [0.2, 0.25) is 5.02 Å². The van der Waals surface area contributed by atoms with Crippen LogP contribution in [-0.2, 0) is 0 Å². The first-order valence-electron chi connectivity index (χ1n) is 9.48. The Morgan fingerprint density at radius 2 is 1.96 bits per heavy atom. The number of rotatable bonds is 2. The van der Waals surface area contributed by atoms with E-state index in [1.54, 1.807) is 10.9 Å². The van der Waals surface area contributed by atoms with Crippen molar-refractivity contribution in [2.24, 2.45) is 0 Å². The lowest BCUT2D eigenvalue weighted by Crippen LogP contribution is -2.35. The van der Waals surface area contributed by atoms with Gasteiger partial charge in [-0.15, -0.1) is 0 Å². The molecule has 0 spiro atoms. The number of hydrogen-bond acceptors (Lipinski definition) is 4. The number of nitrogens with one attached hydrogen (secondary N) is 1. The van der Waals surface area contributed by atoms with Gasteiger partial charge in [-0.1, -0.05) is 17.7 Å². The molecule has 1 fully saturated rings. The van der Waals surface area contributed by atoms with Gasteiger partial charge in [0.05, 0.1) is 28.3 Å². The van der Waals surface area contributed by atoms with Gasteiger partial charge in [0.25, 0.3) is 5.56 Å². The molecule has 7 heteroatoms. The molecule has 0 bridgehead atoms. The van der Waals surface area contributed by atoms with E-state index in [4.69, 9.17) is 11.6 Å². The molecule has 0 unspecified atom stereocenters. The van der Waals surface area contributed by atoms with Crippen LogP contribution in [0.5, 0.6) is 0 Å². The normalized spacial score (nSPS) is 15.5. The third kappa shape index (κ3) is 2.89. The summed E-state index contributed by atoms with van der Waals surface area (Å²) >= 11 is 6.42. The fraction of sp³-hybridized carbons (Fsp3) is 0.286. The molecule has 1 N–H and O–H groups in total. The number of aryl methyl sites for hydroxylation is 1. The summed E-state index contributed by atoms with van der Waals surface area (Å²) in [7, 11) is 0. The smallest absolute Gasteiger partial charge is 0.274 e. The van der Waals surface area contributed by atoms with E-state index in [1.165, 1.54) is 0 Å². The molecule has 1 saturated heterocycles. The van der Waals surface area contributed by atoms with E-state index in [2.05, 4.69) is 15.4 Å². The van der Waals surface area contributed by atoms with E-state index in [9.17, 15) is 4.79 Å². The molecule has 1 aliphatic rings. The van der Waals surface area contributed by atoms with E-state index in [0.29, 0.717) is 10.4 Å². The lowest BCUT2D eigenvalue weighted by atomic mass is 10.0. The van der Waals surface area contributed by atoms with Crippen molar-refractivity contribution in [1.29, 1.82) is 0 Å². The van der Waals surface area contributed by atoms with Gasteiger partial charge < -0.3 is 9.72 Å². The van der Waals surface area contributed by atoms with Crippen LogP contribution < -0.4 is 10.9 Å². The maximum atomic E-state index is 13.0. The van der Waals surface area contributed by atoms with Crippen molar-refractivity contribution in [2.45, 2.75) is 25.8 Å². The Morgan fingerprint density at radius 3 is 2.79 bits per heavy atom. The van der Waals surface area contributed by atoms with E-state index < -0.39 is 0 Å². The number of benzene rings is 1. The largest absolute Gasteiger partial charge is 0.317 e. The summed E-state index contributed by atoms with van der Waals surface area (Å²) in [5.41, 5.74) is 3.60. The molecule has 4 aromatic rings. The van der Waals surface area contributed by atoms with Crippen molar-refractivity contribution in [3.8, 4) is 11.1 Å². The fourth-order valence-corrected chi connectivity index (χ4v) is 4.25. The van der Waals surface area contributed by atoms with Gasteiger partial charge in [0.1, 0.15) is 0 Å². The van der Waals surface area contributed by atoms with Crippen LogP contribution in [0.4, 0.5) is 0 Å². The monoisotopic (exact) mass is 393 g/mol. The van der Waals surface area contributed by atoms with Gasteiger partial charge in [-0.25, -0.2) is 9.67 Å². The maximum absolute atomic E-state index is 13.0. The summed E-state index contributed by atoms with van der Waals surface area (Å²) in [4.78, 5) is 17.4. The number of fused-ring (bicyclic) bond motifs is 2. The summed E-state index contributed by atoms with van der Waals surface area (Å²) in [5, 5.41) is 9.93. The SMILES string of the molecule is Cc1cn2cc(-c3ccc4c(=O)n(C5CCNCC5)ncc4c3)cc(Cl)c2n1. The number of imidazole rings is 1. The maximum Gasteiger partial charge on any atom is 0.274 e. The molecule has 0 atom stereocenters. The predicted molar refractivity (Wildman–Crippen MR) is 111 cm³/mol. The summed E-state index contributed by atoms with van der Waals surface area (Å²) in [6, 6.07) is 7.94. The number of aromatic nitrogens is 4. The van der Waals surface area contributed by atoms with E-state index in [0.717, 1.165) is 53.8 Å². The standard InChI is InChI=1S/C21H20ClN5O/c1-13-11-26-12-16(9-19(22)20(26)25-13)14-2-3-18-15(8-14)10-24-27(21(18)28)17-4-6-23-7-5-17/h2-3,8-12,17,23H,4-7H2,1H3. The van der Waals surface area contributed by atoms with Gasteiger partial charge in [0.15, 0.2) is 5.65 Å². The van der Waals surface area contributed by atoms with Crippen LogP contribution in [-0.4, -0.2) is 32.3 Å². The second kappa shape index (κ2) is 6.72. The Labute approximate surface area is 166 Å². The molecule has 4 heterocycles.